The highest BCUT2D eigenvalue weighted by atomic mass is 16.7. The molecule has 2 fully saturated rings. The second-order valence-corrected chi connectivity index (χ2v) is 7.57. The number of carbonyl (C=O) groups is 2. The molecule has 0 radical (unpaired) electrons. The van der Waals surface area contributed by atoms with Gasteiger partial charge in [0, 0.05) is 31.7 Å². The molecule has 1 aromatic heterocycles. The smallest absolute Gasteiger partial charge is 0.350 e. The number of anilines is 1. The van der Waals surface area contributed by atoms with Crippen LogP contribution in [-0.2, 0) is 19.1 Å². The van der Waals surface area contributed by atoms with Gasteiger partial charge in [0.05, 0.1) is 11.0 Å². The first kappa shape index (κ1) is 17.6. The lowest BCUT2D eigenvalue weighted by atomic mass is 9.89. The lowest BCUT2D eigenvalue weighted by Gasteiger charge is -2.29. The first-order chi connectivity index (χ1) is 12.9. The number of aromatic nitrogens is 2. The van der Waals surface area contributed by atoms with E-state index < -0.39 is 17.7 Å². The Morgan fingerprint density at radius 2 is 1.85 bits per heavy atom. The second kappa shape index (κ2) is 6.72. The van der Waals surface area contributed by atoms with E-state index in [0.29, 0.717) is 5.92 Å². The number of nitrogens with zero attached hydrogens (tertiary/aromatic N) is 1. The number of aromatic amines is 1. The van der Waals surface area contributed by atoms with Crippen molar-refractivity contribution in [1.29, 1.82) is 0 Å². The fraction of sp³-hybridized carbons (Fsp3) is 0.450. The molecule has 2 N–H and O–H groups in total. The van der Waals surface area contributed by atoms with E-state index >= 15 is 0 Å². The summed E-state index contributed by atoms with van der Waals surface area (Å²) in [5.41, 5.74) is 2.40. The third-order valence-electron chi connectivity index (χ3n) is 4.99. The van der Waals surface area contributed by atoms with Gasteiger partial charge in [-0.15, -0.1) is 0 Å². The predicted molar refractivity (Wildman–Crippen MR) is 99.9 cm³/mol. The van der Waals surface area contributed by atoms with Crippen molar-refractivity contribution in [3.8, 4) is 0 Å². The van der Waals surface area contributed by atoms with Gasteiger partial charge < -0.3 is 19.8 Å². The van der Waals surface area contributed by atoms with Crippen molar-refractivity contribution in [1.82, 2.24) is 9.97 Å². The number of ether oxygens (including phenoxy) is 2. The van der Waals surface area contributed by atoms with Gasteiger partial charge in [-0.1, -0.05) is 19.3 Å². The van der Waals surface area contributed by atoms with Crippen molar-refractivity contribution in [2.45, 2.75) is 57.7 Å². The predicted octanol–water partition coefficient (Wildman–Crippen LogP) is 3.74. The molecule has 27 heavy (non-hydrogen) atoms. The van der Waals surface area contributed by atoms with Gasteiger partial charge in [0.25, 0.3) is 5.79 Å². The summed E-state index contributed by atoms with van der Waals surface area (Å²) in [5, 5.41) is 2.97. The number of esters is 2. The molecule has 1 saturated heterocycles. The third-order valence-corrected chi connectivity index (χ3v) is 4.99. The minimum Gasteiger partial charge on any atom is -0.419 e. The number of hydrogen-bond acceptors (Lipinski definition) is 6. The number of fused-ring (bicyclic) bond motifs is 1. The van der Waals surface area contributed by atoms with E-state index in [1.54, 1.807) is 0 Å². The summed E-state index contributed by atoms with van der Waals surface area (Å²) in [6, 6.07) is 5.68. The van der Waals surface area contributed by atoms with Crippen LogP contribution >= 0.6 is 0 Å². The fourth-order valence-electron chi connectivity index (χ4n) is 3.62. The summed E-state index contributed by atoms with van der Waals surface area (Å²) in [6.45, 7) is 3.03. The molecule has 0 amide bonds. The first-order valence-corrected chi connectivity index (χ1v) is 9.34. The quantitative estimate of drug-likeness (QED) is 0.486. The molecule has 0 spiro atoms. The molecule has 0 unspecified atom stereocenters. The number of benzene rings is 1. The molecule has 0 bridgehead atoms. The number of cyclic esters (lactones) is 2. The standard InChI is InChI=1S/C20H23N3O4/c1-20(2)26-18(24)14(19(25)27-20)11-21-13-8-9-15-16(10-13)23-17(22-15)12-6-4-3-5-7-12/h8-12,21H,3-7H2,1-2H3,(H,22,23). The van der Waals surface area contributed by atoms with Gasteiger partial charge in [-0.25, -0.2) is 14.6 Å². The van der Waals surface area contributed by atoms with Crippen LogP contribution in [0.2, 0.25) is 0 Å². The van der Waals surface area contributed by atoms with E-state index in [4.69, 9.17) is 14.5 Å². The Hall–Kier alpha value is -2.83. The Morgan fingerprint density at radius 1 is 1.15 bits per heavy atom. The molecule has 1 aliphatic heterocycles. The normalized spacial score (nSPS) is 20.3. The van der Waals surface area contributed by atoms with Crippen LogP contribution in [-0.4, -0.2) is 27.7 Å². The maximum Gasteiger partial charge on any atom is 0.350 e. The highest BCUT2D eigenvalue weighted by Crippen LogP contribution is 2.32. The summed E-state index contributed by atoms with van der Waals surface area (Å²) in [4.78, 5) is 32.1. The van der Waals surface area contributed by atoms with Crippen LogP contribution in [0.15, 0.2) is 30.0 Å². The third kappa shape index (κ3) is 3.67. The Kier molecular flexibility index (Phi) is 4.37. The zero-order chi connectivity index (χ0) is 19.0. The van der Waals surface area contributed by atoms with Gasteiger partial charge >= 0.3 is 11.9 Å². The molecule has 0 atom stereocenters. The van der Waals surface area contributed by atoms with Crippen molar-refractivity contribution in [2.24, 2.45) is 0 Å². The monoisotopic (exact) mass is 369 g/mol. The largest absolute Gasteiger partial charge is 0.419 e. The number of H-pyrrole nitrogens is 1. The maximum absolute atomic E-state index is 12.0. The molecule has 1 saturated carbocycles. The van der Waals surface area contributed by atoms with E-state index in [1.165, 1.54) is 52.2 Å². The number of nitrogens with one attached hydrogen (secondary N) is 2. The molecule has 142 valence electrons. The highest BCUT2D eigenvalue weighted by Gasteiger charge is 2.38. The van der Waals surface area contributed by atoms with Crippen molar-refractivity contribution < 1.29 is 19.1 Å². The molecular weight excluding hydrogens is 346 g/mol. The van der Waals surface area contributed by atoms with Crippen molar-refractivity contribution in [3.63, 3.8) is 0 Å². The molecule has 2 aliphatic rings. The van der Waals surface area contributed by atoms with Gasteiger partial charge in [-0.3, -0.25) is 0 Å². The van der Waals surface area contributed by atoms with E-state index in [0.717, 1.165) is 22.5 Å². The van der Waals surface area contributed by atoms with E-state index in [1.807, 2.05) is 18.2 Å². The Bertz CT molecular complexity index is 900. The molecule has 4 rings (SSSR count). The van der Waals surface area contributed by atoms with E-state index in [-0.39, 0.29) is 5.57 Å². The average Bonchev–Trinajstić information content (AvgIpc) is 3.04. The lowest BCUT2D eigenvalue weighted by molar-refractivity contribution is -0.222. The van der Waals surface area contributed by atoms with Crippen LogP contribution in [0.4, 0.5) is 5.69 Å². The summed E-state index contributed by atoms with van der Waals surface area (Å²) in [7, 11) is 0. The Morgan fingerprint density at radius 3 is 2.56 bits per heavy atom. The minimum atomic E-state index is -1.24. The fourth-order valence-corrected chi connectivity index (χ4v) is 3.62. The highest BCUT2D eigenvalue weighted by molar-refractivity contribution is 6.15. The van der Waals surface area contributed by atoms with Gasteiger partial charge in [-0.2, -0.15) is 0 Å². The molecule has 7 heteroatoms. The summed E-state index contributed by atoms with van der Waals surface area (Å²) in [6.07, 6.45) is 7.49. The maximum atomic E-state index is 12.0. The summed E-state index contributed by atoms with van der Waals surface area (Å²) in [5.74, 6) is -1.10. The second-order valence-electron chi connectivity index (χ2n) is 7.57. The van der Waals surface area contributed by atoms with Gasteiger partial charge in [0.15, 0.2) is 5.57 Å². The number of hydrogen-bond donors (Lipinski definition) is 2. The number of imidazole rings is 1. The Balaban J connectivity index is 1.52. The molecule has 7 nitrogen and oxygen atoms in total. The van der Waals surface area contributed by atoms with Gasteiger partial charge in [0.1, 0.15) is 5.82 Å². The molecule has 2 aromatic rings. The SMILES string of the molecule is CC1(C)OC(=O)C(=CNc2ccc3nc(C4CCCCC4)[nH]c3c2)C(=O)O1. The van der Waals surface area contributed by atoms with Crippen molar-refractivity contribution in [2.75, 3.05) is 5.32 Å². The van der Waals surface area contributed by atoms with Crippen LogP contribution in [0.25, 0.3) is 11.0 Å². The molecular formula is C20H23N3O4. The van der Waals surface area contributed by atoms with Crippen molar-refractivity contribution >= 4 is 28.7 Å². The van der Waals surface area contributed by atoms with Gasteiger partial charge in [0.2, 0.25) is 0 Å². The minimum absolute atomic E-state index is 0.165. The first-order valence-electron chi connectivity index (χ1n) is 9.34. The zero-order valence-electron chi connectivity index (χ0n) is 15.5. The van der Waals surface area contributed by atoms with Gasteiger partial charge in [-0.05, 0) is 31.0 Å². The molecule has 1 aliphatic carbocycles. The lowest BCUT2D eigenvalue weighted by Crippen LogP contribution is -2.42. The summed E-state index contributed by atoms with van der Waals surface area (Å²) >= 11 is 0. The van der Waals surface area contributed by atoms with Crippen LogP contribution in [0.1, 0.15) is 57.7 Å². The Labute approximate surface area is 157 Å². The topological polar surface area (TPSA) is 93.3 Å². The van der Waals surface area contributed by atoms with Crippen molar-refractivity contribution in [3.05, 3.63) is 35.8 Å². The van der Waals surface area contributed by atoms with Crippen LogP contribution < -0.4 is 5.32 Å². The zero-order valence-corrected chi connectivity index (χ0v) is 15.5. The van der Waals surface area contributed by atoms with Crippen LogP contribution in [0.3, 0.4) is 0 Å². The summed E-state index contributed by atoms with van der Waals surface area (Å²) < 4.78 is 10.2. The number of carbonyl (C=O) groups excluding carboxylic acids is 2. The van der Waals surface area contributed by atoms with E-state index in [9.17, 15) is 9.59 Å². The average molecular weight is 369 g/mol. The van der Waals surface area contributed by atoms with E-state index in [2.05, 4.69) is 10.3 Å². The molecule has 2 heterocycles. The van der Waals surface area contributed by atoms with Crippen LogP contribution in [0, 0.1) is 0 Å². The number of rotatable bonds is 3. The van der Waals surface area contributed by atoms with Crippen LogP contribution in [0.5, 0.6) is 0 Å². The molecule has 1 aromatic carbocycles.